The molecule has 1 N–H and O–H groups in total. The Morgan fingerprint density at radius 3 is 2.70 bits per heavy atom. The van der Waals surface area contributed by atoms with Gasteiger partial charge in [-0.2, -0.15) is 0 Å². The second-order valence-electron chi connectivity index (χ2n) is 7.25. The number of hydrogen-bond donors (Lipinski definition) is 1. The average Bonchev–Trinajstić information content (AvgIpc) is 3.39. The molecular formula is C23H27N3O3S. The molecule has 0 saturated carbocycles. The van der Waals surface area contributed by atoms with E-state index in [1.54, 1.807) is 11.3 Å². The van der Waals surface area contributed by atoms with Crippen molar-refractivity contribution in [3.63, 3.8) is 0 Å². The Bertz CT molecular complexity index is 940. The van der Waals surface area contributed by atoms with E-state index in [9.17, 15) is 4.79 Å². The fraction of sp³-hybridized carbons (Fsp3) is 0.391. The standard InChI is InChI=1S/C23H27N3O3S/c1-2-28-17-9-11-18(12-10-17)29-15-13-24-22(27)16-26-14-5-7-20(26)23-25-19-6-3-4-8-21(19)30-23/h3-4,6,8-12,20H,2,5,7,13-16H2,1H3,(H,24,27)/t20-/m1/s1. The van der Waals surface area contributed by atoms with E-state index in [0.717, 1.165) is 41.4 Å². The van der Waals surface area contributed by atoms with Crippen LogP contribution in [0.4, 0.5) is 0 Å². The number of amides is 1. The highest BCUT2D eigenvalue weighted by atomic mass is 32.1. The minimum absolute atomic E-state index is 0.0262. The van der Waals surface area contributed by atoms with Gasteiger partial charge in [0.05, 0.1) is 36.0 Å². The Labute approximate surface area is 180 Å². The molecule has 1 aliphatic heterocycles. The summed E-state index contributed by atoms with van der Waals surface area (Å²) in [5.74, 6) is 1.62. The van der Waals surface area contributed by atoms with Crippen molar-refractivity contribution in [2.45, 2.75) is 25.8 Å². The van der Waals surface area contributed by atoms with Crippen LogP contribution in [0, 0.1) is 0 Å². The van der Waals surface area contributed by atoms with Gasteiger partial charge in [-0.05, 0) is 62.7 Å². The Morgan fingerprint density at radius 2 is 1.93 bits per heavy atom. The molecule has 1 aliphatic rings. The highest BCUT2D eigenvalue weighted by molar-refractivity contribution is 7.18. The molecule has 0 spiro atoms. The number of likely N-dealkylation sites (tertiary alicyclic amines) is 1. The summed E-state index contributed by atoms with van der Waals surface area (Å²) < 4.78 is 12.3. The van der Waals surface area contributed by atoms with Crippen molar-refractivity contribution < 1.29 is 14.3 Å². The number of aromatic nitrogens is 1. The van der Waals surface area contributed by atoms with Crippen molar-refractivity contribution in [3.8, 4) is 11.5 Å². The SMILES string of the molecule is CCOc1ccc(OCCNC(=O)CN2CCC[C@@H]2c2nc3ccccc3s2)cc1. The minimum atomic E-state index is 0.0262. The number of benzene rings is 2. The Hall–Kier alpha value is -2.64. The van der Waals surface area contributed by atoms with E-state index < -0.39 is 0 Å². The van der Waals surface area contributed by atoms with Gasteiger partial charge in [0.15, 0.2) is 0 Å². The van der Waals surface area contributed by atoms with Crippen LogP contribution in [-0.4, -0.2) is 48.6 Å². The number of rotatable bonds is 9. The third kappa shape index (κ3) is 5.09. The van der Waals surface area contributed by atoms with Crippen LogP contribution in [0.1, 0.15) is 30.8 Å². The first kappa shape index (κ1) is 20.6. The Morgan fingerprint density at radius 1 is 1.17 bits per heavy atom. The van der Waals surface area contributed by atoms with Gasteiger partial charge in [-0.15, -0.1) is 11.3 Å². The predicted molar refractivity (Wildman–Crippen MR) is 119 cm³/mol. The molecule has 0 bridgehead atoms. The third-order valence-electron chi connectivity index (χ3n) is 5.13. The summed E-state index contributed by atoms with van der Waals surface area (Å²) in [6.07, 6.45) is 2.14. The molecule has 1 fully saturated rings. The number of carbonyl (C=O) groups is 1. The number of carbonyl (C=O) groups excluding carboxylic acids is 1. The van der Waals surface area contributed by atoms with E-state index in [4.69, 9.17) is 14.5 Å². The average molecular weight is 426 g/mol. The van der Waals surface area contributed by atoms with Gasteiger partial charge in [-0.1, -0.05) is 12.1 Å². The summed E-state index contributed by atoms with van der Waals surface area (Å²) in [6.45, 7) is 4.83. The zero-order valence-corrected chi connectivity index (χ0v) is 18.0. The zero-order valence-electron chi connectivity index (χ0n) is 17.2. The molecule has 6 nitrogen and oxygen atoms in total. The van der Waals surface area contributed by atoms with Crippen LogP contribution in [0.5, 0.6) is 11.5 Å². The maximum Gasteiger partial charge on any atom is 0.234 e. The van der Waals surface area contributed by atoms with Crippen LogP contribution in [-0.2, 0) is 4.79 Å². The lowest BCUT2D eigenvalue weighted by Crippen LogP contribution is -2.38. The van der Waals surface area contributed by atoms with Crippen molar-refractivity contribution >= 4 is 27.5 Å². The molecule has 1 saturated heterocycles. The number of hydrogen-bond acceptors (Lipinski definition) is 6. The molecule has 0 unspecified atom stereocenters. The van der Waals surface area contributed by atoms with E-state index >= 15 is 0 Å². The fourth-order valence-electron chi connectivity index (χ4n) is 3.73. The normalized spacial score (nSPS) is 16.6. The second kappa shape index (κ2) is 9.91. The number of fused-ring (bicyclic) bond motifs is 1. The van der Waals surface area contributed by atoms with E-state index in [1.807, 2.05) is 49.4 Å². The lowest BCUT2D eigenvalue weighted by Gasteiger charge is -2.22. The van der Waals surface area contributed by atoms with Gasteiger partial charge in [-0.25, -0.2) is 4.98 Å². The first-order valence-electron chi connectivity index (χ1n) is 10.4. The van der Waals surface area contributed by atoms with Crippen molar-refractivity contribution in [1.82, 2.24) is 15.2 Å². The second-order valence-corrected chi connectivity index (χ2v) is 8.31. The number of ether oxygens (including phenoxy) is 2. The lowest BCUT2D eigenvalue weighted by atomic mass is 10.2. The van der Waals surface area contributed by atoms with Crippen LogP contribution >= 0.6 is 11.3 Å². The fourth-order valence-corrected chi connectivity index (χ4v) is 4.86. The lowest BCUT2D eigenvalue weighted by molar-refractivity contribution is -0.122. The van der Waals surface area contributed by atoms with Gasteiger partial charge in [0.1, 0.15) is 23.1 Å². The summed E-state index contributed by atoms with van der Waals surface area (Å²) in [6, 6.07) is 16.0. The first-order chi connectivity index (χ1) is 14.7. The minimum Gasteiger partial charge on any atom is -0.494 e. The van der Waals surface area contributed by atoms with E-state index in [-0.39, 0.29) is 11.9 Å². The number of nitrogens with zero attached hydrogens (tertiary/aromatic N) is 2. The molecule has 158 valence electrons. The zero-order chi connectivity index (χ0) is 20.8. The van der Waals surface area contributed by atoms with Crippen LogP contribution in [0.3, 0.4) is 0 Å². The summed E-state index contributed by atoms with van der Waals surface area (Å²) in [7, 11) is 0. The summed E-state index contributed by atoms with van der Waals surface area (Å²) in [4.78, 5) is 19.5. The van der Waals surface area contributed by atoms with Gasteiger partial charge in [-0.3, -0.25) is 9.69 Å². The molecule has 0 radical (unpaired) electrons. The topological polar surface area (TPSA) is 63.7 Å². The van der Waals surface area contributed by atoms with Crippen molar-refractivity contribution in [3.05, 3.63) is 53.5 Å². The van der Waals surface area contributed by atoms with E-state index in [1.165, 1.54) is 4.70 Å². The van der Waals surface area contributed by atoms with Crippen molar-refractivity contribution in [2.75, 3.05) is 32.8 Å². The third-order valence-corrected chi connectivity index (χ3v) is 6.27. The van der Waals surface area contributed by atoms with Gasteiger partial charge >= 0.3 is 0 Å². The van der Waals surface area contributed by atoms with Gasteiger partial charge in [0.2, 0.25) is 5.91 Å². The van der Waals surface area contributed by atoms with Crippen LogP contribution < -0.4 is 14.8 Å². The summed E-state index contributed by atoms with van der Waals surface area (Å²) >= 11 is 1.74. The Kier molecular flexibility index (Phi) is 6.81. The van der Waals surface area contributed by atoms with Gasteiger partial charge in [0.25, 0.3) is 0 Å². The first-order valence-corrected chi connectivity index (χ1v) is 11.3. The highest BCUT2D eigenvalue weighted by Gasteiger charge is 2.29. The molecular weight excluding hydrogens is 398 g/mol. The number of thiazole rings is 1. The smallest absolute Gasteiger partial charge is 0.234 e. The van der Waals surface area contributed by atoms with Crippen LogP contribution in [0.2, 0.25) is 0 Å². The molecule has 1 aromatic heterocycles. The Balaban J connectivity index is 1.23. The molecule has 1 amide bonds. The summed E-state index contributed by atoms with van der Waals surface area (Å²) in [5.41, 5.74) is 1.04. The van der Waals surface area contributed by atoms with E-state index in [0.29, 0.717) is 26.3 Å². The monoisotopic (exact) mass is 425 g/mol. The predicted octanol–water partition coefficient (Wildman–Crippen LogP) is 4.03. The van der Waals surface area contributed by atoms with Gasteiger partial charge in [0, 0.05) is 0 Å². The molecule has 3 aromatic rings. The molecule has 1 atom stereocenters. The number of nitrogens with one attached hydrogen (secondary N) is 1. The quantitative estimate of drug-likeness (QED) is 0.525. The molecule has 4 rings (SSSR count). The largest absolute Gasteiger partial charge is 0.494 e. The number of para-hydroxylation sites is 1. The summed E-state index contributed by atoms with van der Waals surface area (Å²) in [5, 5.41) is 4.07. The van der Waals surface area contributed by atoms with Crippen molar-refractivity contribution in [2.24, 2.45) is 0 Å². The highest BCUT2D eigenvalue weighted by Crippen LogP contribution is 2.36. The van der Waals surface area contributed by atoms with E-state index in [2.05, 4.69) is 16.3 Å². The van der Waals surface area contributed by atoms with Crippen LogP contribution in [0.25, 0.3) is 10.2 Å². The molecule has 0 aliphatic carbocycles. The van der Waals surface area contributed by atoms with Gasteiger partial charge < -0.3 is 14.8 Å². The molecule has 2 heterocycles. The van der Waals surface area contributed by atoms with Crippen molar-refractivity contribution in [1.29, 1.82) is 0 Å². The molecule has 7 heteroatoms. The molecule has 2 aromatic carbocycles. The molecule has 30 heavy (non-hydrogen) atoms. The maximum atomic E-state index is 12.4. The van der Waals surface area contributed by atoms with Crippen LogP contribution in [0.15, 0.2) is 48.5 Å². The maximum absolute atomic E-state index is 12.4.